The van der Waals surface area contributed by atoms with Gasteiger partial charge in [0.2, 0.25) is 5.91 Å². The van der Waals surface area contributed by atoms with E-state index in [2.05, 4.69) is 15.5 Å². The standard InChI is InChI=1S/C14H18N4O/c1-9-13(10(2)18-17-9)6-7-14(19)16-12-5-3-4-11(15)8-12/h3-5,8H,6-7,15H2,1-2H3,(H,16,19)(H,17,18). The Morgan fingerprint density at radius 3 is 2.84 bits per heavy atom. The number of rotatable bonds is 4. The van der Waals surface area contributed by atoms with E-state index in [0.29, 0.717) is 18.5 Å². The molecule has 0 bridgehead atoms. The van der Waals surface area contributed by atoms with Crippen molar-refractivity contribution in [3.05, 3.63) is 41.2 Å². The number of amides is 1. The van der Waals surface area contributed by atoms with Crippen molar-refractivity contribution in [1.29, 1.82) is 0 Å². The largest absolute Gasteiger partial charge is 0.399 e. The van der Waals surface area contributed by atoms with Gasteiger partial charge < -0.3 is 11.1 Å². The summed E-state index contributed by atoms with van der Waals surface area (Å²) in [6.45, 7) is 3.90. The van der Waals surface area contributed by atoms with Gasteiger partial charge in [-0.3, -0.25) is 9.89 Å². The van der Waals surface area contributed by atoms with E-state index in [4.69, 9.17) is 5.73 Å². The predicted molar refractivity (Wildman–Crippen MR) is 75.9 cm³/mol. The highest BCUT2D eigenvalue weighted by Gasteiger charge is 2.09. The summed E-state index contributed by atoms with van der Waals surface area (Å²) in [5.74, 6) is -0.0226. The van der Waals surface area contributed by atoms with Gasteiger partial charge in [-0.25, -0.2) is 0 Å². The second-order valence-corrected chi connectivity index (χ2v) is 4.59. The van der Waals surface area contributed by atoms with Crippen molar-refractivity contribution < 1.29 is 4.79 Å². The van der Waals surface area contributed by atoms with Crippen molar-refractivity contribution in [2.75, 3.05) is 11.1 Å². The molecule has 19 heavy (non-hydrogen) atoms. The third-order valence-electron chi connectivity index (χ3n) is 3.05. The first-order chi connectivity index (χ1) is 9.06. The highest BCUT2D eigenvalue weighted by molar-refractivity contribution is 5.91. The minimum atomic E-state index is -0.0226. The van der Waals surface area contributed by atoms with Gasteiger partial charge in [-0.2, -0.15) is 5.10 Å². The quantitative estimate of drug-likeness (QED) is 0.735. The van der Waals surface area contributed by atoms with Crippen LogP contribution < -0.4 is 11.1 Å². The third-order valence-corrected chi connectivity index (χ3v) is 3.05. The summed E-state index contributed by atoms with van der Waals surface area (Å²) >= 11 is 0. The van der Waals surface area contributed by atoms with Gasteiger partial charge >= 0.3 is 0 Å². The number of aromatic amines is 1. The molecule has 4 N–H and O–H groups in total. The number of benzene rings is 1. The molecule has 0 saturated heterocycles. The van der Waals surface area contributed by atoms with Gasteiger partial charge in [-0.1, -0.05) is 6.07 Å². The van der Waals surface area contributed by atoms with Crippen LogP contribution in [0.25, 0.3) is 0 Å². The first-order valence-corrected chi connectivity index (χ1v) is 6.22. The number of nitrogens with two attached hydrogens (primary N) is 1. The fourth-order valence-corrected chi connectivity index (χ4v) is 2.02. The maximum absolute atomic E-state index is 11.9. The van der Waals surface area contributed by atoms with Crippen LogP contribution in [-0.4, -0.2) is 16.1 Å². The molecule has 1 heterocycles. The van der Waals surface area contributed by atoms with Gasteiger partial charge in [0.25, 0.3) is 0 Å². The van der Waals surface area contributed by atoms with Gasteiger partial charge in [0.1, 0.15) is 0 Å². The molecule has 0 spiro atoms. The van der Waals surface area contributed by atoms with Crippen LogP contribution in [0.3, 0.4) is 0 Å². The van der Waals surface area contributed by atoms with Crippen molar-refractivity contribution in [3.8, 4) is 0 Å². The average Bonchev–Trinajstić information content (AvgIpc) is 2.67. The molecule has 1 aromatic heterocycles. The lowest BCUT2D eigenvalue weighted by Gasteiger charge is -2.06. The van der Waals surface area contributed by atoms with E-state index >= 15 is 0 Å². The van der Waals surface area contributed by atoms with Crippen LogP contribution >= 0.6 is 0 Å². The third kappa shape index (κ3) is 3.34. The number of nitrogen functional groups attached to an aromatic ring is 1. The lowest BCUT2D eigenvalue weighted by molar-refractivity contribution is -0.116. The maximum atomic E-state index is 11.9. The summed E-state index contributed by atoms with van der Waals surface area (Å²) in [4.78, 5) is 11.9. The molecular weight excluding hydrogens is 240 g/mol. The van der Waals surface area contributed by atoms with E-state index in [0.717, 1.165) is 22.6 Å². The number of carbonyl (C=O) groups excluding carboxylic acids is 1. The minimum absolute atomic E-state index is 0.0226. The Morgan fingerprint density at radius 2 is 2.21 bits per heavy atom. The summed E-state index contributed by atoms with van der Waals surface area (Å²) in [6, 6.07) is 7.16. The fourth-order valence-electron chi connectivity index (χ4n) is 2.02. The second kappa shape index (κ2) is 5.56. The summed E-state index contributed by atoms with van der Waals surface area (Å²) in [6.07, 6.45) is 1.11. The maximum Gasteiger partial charge on any atom is 0.224 e. The molecule has 5 nitrogen and oxygen atoms in total. The number of H-pyrrole nitrogens is 1. The van der Waals surface area contributed by atoms with E-state index in [1.165, 1.54) is 0 Å². The number of hydrogen-bond acceptors (Lipinski definition) is 3. The normalized spacial score (nSPS) is 10.4. The molecule has 0 unspecified atom stereocenters. The van der Waals surface area contributed by atoms with Gasteiger partial charge in [0.15, 0.2) is 0 Å². The smallest absolute Gasteiger partial charge is 0.224 e. The molecule has 0 aliphatic heterocycles. The molecule has 2 rings (SSSR count). The van der Waals surface area contributed by atoms with Crippen molar-refractivity contribution in [3.63, 3.8) is 0 Å². The Labute approximate surface area is 112 Å². The van der Waals surface area contributed by atoms with Crippen LogP contribution in [0.5, 0.6) is 0 Å². The number of nitrogens with zero attached hydrogens (tertiary/aromatic N) is 1. The zero-order chi connectivity index (χ0) is 13.8. The zero-order valence-corrected chi connectivity index (χ0v) is 11.2. The first kappa shape index (κ1) is 13.1. The monoisotopic (exact) mass is 258 g/mol. The number of nitrogens with one attached hydrogen (secondary N) is 2. The van der Waals surface area contributed by atoms with Gasteiger partial charge in [-0.05, 0) is 44.0 Å². The van der Waals surface area contributed by atoms with Crippen LogP contribution in [0.2, 0.25) is 0 Å². The summed E-state index contributed by atoms with van der Waals surface area (Å²) in [5, 5.41) is 9.87. The molecule has 1 amide bonds. The van der Waals surface area contributed by atoms with E-state index in [1.807, 2.05) is 26.0 Å². The zero-order valence-electron chi connectivity index (χ0n) is 11.2. The summed E-state index contributed by atoms with van der Waals surface area (Å²) in [5.41, 5.74) is 10.1. The first-order valence-electron chi connectivity index (χ1n) is 6.22. The second-order valence-electron chi connectivity index (χ2n) is 4.59. The average molecular weight is 258 g/mol. The molecule has 1 aromatic carbocycles. The van der Waals surface area contributed by atoms with Crippen LogP contribution in [0.15, 0.2) is 24.3 Å². The topological polar surface area (TPSA) is 83.8 Å². The Bertz CT molecular complexity index is 569. The van der Waals surface area contributed by atoms with Crippen LogP contribution in [-0.2, 0) is 11.2 Å². The number of aryl methyl sites for hydroxylation is 2. The van der Waals surface area contributed by atoms with Crippen molar-refractivity contribution in [2.45, 2.75) is 26.7 Å². The van der Waals surface area contributed by atoms with Crippen molar-refractivity contribution in [2.24, 2.45) is 0 Å². The number of carbonyl (C=O) groups is 1. The number of hydrogen-bond donors (Lipinski definition) is 3. The van der Waals surface area contributed by atoms with E-state index in [-0.39, 0.29) is 5.91 Å². The Morgan fingerprint density at radius 1 is 1.42 bits per heavy atom. The van der Waals surface area contributed by atoms with Gasteiger partial charge in [0.05, 0.1) is 5.69 Å². The molecule has 0 fully saturated rings. The molecular formula is C14H18N4O. The fraction of sp³-hybridized carbons (Fsp3) is 0.286. The van der Waals surface area contributed by atoms with Gasteiger partial charge in [0, 0.05) is 23.5 Å². The molecule has 0 aliphatic rings. The molecule has 2 aromatic rings. The molecule has 100 valence electrons. The molecule has 5 heteroatoms. The highest BCUT2D eigenvalue weighted by Crippen LogP contribution is 2.14. The molecule has 0 atom stereocenters. The van der Waals surface area contributed by atoms with Crippen molar-refractivity contribution in [1.82, 2.24) is 10.2 Å². The lowest BCUT2D eigenvalue weighted by atomic mass is 10.1. The highest BCUT2D eigenvalue weighted by atomic mass is 16.1. The molecule has 0 saturated carbocycles. The molecule has 0 aliphatic carbocycles. The molecule has 0 radical (unpaired) electrons. The lowest BCUT2D eigenvalue weighted by Crippen LogP contribution is -2.12. The Hall–Kier alpha value is -2.30. The Kier molecular flexibility index (Phi) is 3.85. The van der Waals surface area contributed by atoms with Crippen LogP contribution in [0, 0.1) is 13.8 Å². The number of anilines is 2. The van der Waals surface area contributed by atoms with Crippen LogP contribution in [0.1, 0.15) is 23.4 Å². The van der Waals surface area contributed by atoms with Crippen LogP contribution in [0.4, 0.5) is 11.4 Å². The minimum Gasteiger partial charge on any atom is -0.399 e. The van der Waals surface area contributed by atoms with E-state index in [9.17, 15) is 4.79 Å². The van der Waals surface area contributed by atoms with Crippen molar-refractivity contribution >= 4 is 17.3 Å². The van der Waals surface area contributed by atoms with Gasteiger partial charge in [-0.15, -0.1) is 0 Å². The number of aromatic nitrogens is 2. The van der Waals surface area contributed by atoms with E-state index in [1.54, 1.807) is 12.1 Å². The SMILES string of the molecule is Cc1n[nH]c(C)c1CCC(=O)Nc1cccc(N)c1. The summed E-state index contributed by atoms with van der Waals surface area (Å²) in [7, 11) is 0. The summed E-state index contributed by atoms with van der Waals surface area (Å²) < 4.78 is 0. The Balaban J connectivity index is 1.92. The predicted octanol–water partition coefficient (Wildman–Crippen LogP) is 2.18. The van der Waals surface area contributed by atoms with E-state index < -0.39 is 0 Å².